The molecule has 1 aliphatic rings. The van der Waals surface area contributed by atoms with Crippen molar-refractivity contribution in [3.05, 3.63) is 34.7 Å². The van der Waals surface area contributed by atoms with Crippen molar-refractivity contribution < 1.29 is 23.1 Å². The van der Waals surface area contributed by atoms with Gasteiger partial charge in [0.05, 0.1) is 11.5 Å². The summed E-state index contributed by atoms with van der Waals surface area (Å²) in [5.74, 6) is -1.05. The molecule has 0 radical (unpaired) electrons. The van der Waals surface area contributed by atoms with Crippen LogP contribution >= 0.6 is 11.3 Å². The van der Waals surface area contributed by atoms with Gasteiger partial charge in [-0.25, -0.2) is 18.6 Å². The van der Waals surface area contributed by atoms with E-state index in [1.54, 1.807) is 11.8 Å². The molecule has 9 heteroatoms. The van der Waals surface area contributed by atoms with Gasteiger partial charge in [-0.3, -0.25) is 9.78 Å². The number of carbonyl (C=O) groups is 2. The van der Waals surface area contributed by atoms with E-state index in [0.29, 0.717) is 6.54 Å². The number of nitrogens with zero attached hydrogens (tertiary/aromatic N) is 3. The van der Waals surface area contributed by atoms with E-state index in [4.69, 9.17) is 4.74 Å². The van der Waals surface area contributed by atoms with E-state index in [0.717, 1.165) is 24.2 Å². The number of ether oxygens (including phenoxy) is 1. The number of likely N-dealkylation sites (tertiary alicyclic amines) is 1. The molecule has 0 N–H and O–H groups in total. The van der Waals surface area contributed by atoms with Crippen molar-refractivity contribution in [1.82, 2.24) is 14.9 Å². The normalized spacial score (nSPS) is 16.8. The van der Waals surface area contributed by atoms with Gasteiger partial charge in [-0.2, -0.15) is 0 Å². The predicted octanol–water partition coefficient (Wildman–Crippen LogP) is 3.94. The summed E-state index contributed by atoms with van der Waals surface area (Å²) in [5, 5.41) is -0.0360. The van der Waals surface area contributed by atoms with E-state index in [2.05, 4.69) is 9.97 Å². The average Bonchev–Trinajstić information content (AvgIpc) is 3.28. The Morgan fingerprint density at radius 3 is 2.85 bits per heavy atom. The average molecular weight is 395 g/mol. The summed E-state index contributed by atoms with van der Waals surface area (Å²) in [7, 11) is 0. The first-order valence-electron chi connectivity index (χ1n) is 8.65. The summed E-state index contributed by atoms with van der Waals surface area (Å²) in [6.45, 7) is 4.30. The molecule has 1 saturated heterocycles. The maximum absolute atomic E-state index is 13.5. The second-order valence-corrected chi connectivity index (χ2v) is 7.17. The van der Waals surface area contributed by atoms with Crippen LogP contribution in [0.5, 0.6) is 0 Å². The number of rotatable bonds is 5. The number of hydrogen-bond donors (Lipinski definition) is 0. The van der Waals surface area contributed by atoms with Crippen molar-refractivity contribution in [3.8, 4) is 10.4 Å². The van der Waals surface area contributed by atoms with Crippen molar-refractivity contribution in [2.24, 2.45) is 0 Å². The highest BCUT2D eigenvalue weighted by molar-refractivity contribution is 7.17. The molecule has 1 atom stereocenters. The first kappa shape index (κ1) is 19.3. The molecule has 0 aliphatic carbocycles. The molecule has 1 amide bonds. The van der Waals surface area contributed by atoms with Crippen LogP contribution < -0.4 is 0 Å². The molecule has 144 valence electrons. The van der Waals surface area contributed by atoms with Gasteiger partial charge in [0.2, 0.25) is 5.01 Å². The lowest BCUT2D eigenvalue weighted by Crippen LogP contribution is -2.34. The largest absolute Gasteiger partial charge is 0.461 e. The van der Waals surface area contributed by atoms with E-state index < -0.39 is 12.4 Å². The first-order valence-corrected chi connectivity index (χ1v) is 9.47. The molecule has 3 heterocycles. The van der Waals surface area contributed by atoms with Gasteiger partial charge in [0.25, 0.3) is 12.3 Å². The Morgan fingerprint density at radius 1 is 1.44 bits per heavy atom. The second-order valence-electron chi connectivity index (χ2n) is 6.17. The minimum atomic E-state index is -2.75. The van der Waals surface area contributed by atoms with Gasteiger partial charge in [-0.05, 0) is 32.8 Å². The van der Waals surface area contributed by atoms with Crippen LogP contribution in [-0.2, 0) is 4.74 Å². The number of aromatic nitrogens is 2. The lowest BCUT2D eigenvalue weighted by atomic mass is 10.1. The molecule has 0 saturated carbocycles. The van der Waals surface area contributed by atoms with E-state index >= 15 is 0 Å². The Labute approximate surface area is 159 Å². The predicted molar refractivity (Wildman–Crippen MR) is 96.0 cm³/mol. The first-order chi connectivity index (χ1) is 12.9. The maximum atomic E-state index is 13.5. The van der Waals surface area contributed by atoms with Crippen molar-refractivity contribution in [2.45, 2.75) is 39.2 Å². The fourth-order valence-electron chi connectivity index (χ4n) is 3.08. The molecule has 1 unspecified atom stereocenters. The third kappa shape index (κ3) is 3.83. The molecule has 1 fully saturated rings. The van der Waals surface area contributed by atoms with E-state index in [9.17, 15) is 18.4 Å². The number of esters is 1. The number of hydrogen-bond acceptors (Lipinski definition) is 6. The van der Waals surface area contributed by atoms with Crippen molar-refractivity contribution in [3.63, 3.8) is 0 Å². The Kier molecular flexibility index (Phi) is 5.79. The number of carbonyl (C=O) groups excluding carboxylic acids is 2. The SMILES string of the molecule is CCOC(=O)c1nc(C(=O)N2CCCC2C)c(-c2cnccc2C(F)F)s1. The van der Waals surface area contributed by atoms with Gasteiger partial charge in [0, 0.05) is 36.1 Å². The van der Waals surface area contributed by atoms with Gasteiger partial charge >= 0.3 is 5.97 Å². The number of thiazole rings is 1. The molecule has 27 heavy (non-hydrogen) atoms. The van der Waals surface area contributed by atoms with Crippen LogP contribution in [0.1, 0.15) is 59.0 Å². The summed E-state index contributed by atoms with van der Waals surface area (Å²) in [5.41, 5.74) is -0.157. The van der Waals surface area contributed by atoms with Crippen LogP contribution in [0.15, 0.2) is 18.5 Å². The van der Waals surface area contributed by atoms with E-state index in [1.165, 1.54) is 18.5 Å². The van der Waals surface area contributed by atoms with Crippen LogP contribution in [0.25, 0.3) is 10.4 Å². The van der Waals surface area contributed by atoms with Crippen molar-refractivity contribution in [2.75, 3.05) is 13.2 Å². The fraction of sp³-hybridized carbons (Fsp3) is 0.444. The minimum Gasteiger partial charge on any atom is -0.461 e. The monoisotopic (exact) mass is 395 g/mol. The Morgan fingerprint density at radius 2 is 2.22 bits per heavy atom. The minimum absolute atomic E-state index is 0.00768. The molecular formula is C18H19F2N3O3S. The van der Waals surface area contributed by atoms with Crippen molar-refractivity contribution in [1.29, 1.82) is 0 Å². The molecular weight excluding hydrogens is 376 g/mol. The molecule has 0 bridgehead atoms. The van der Waals surface area contributed by atoms with Gasteiger partial charge < -0.3 is 9.64 Å². The van der Waals surface area contributed by atoms with Crippen LogP contribution in [0.4, 0.5) is 8.78 Å². The molecule has 1 aliphatic heterocycles. The molecule has 0 spiro atoms. The topological polar surface area (TPSA) is 72.4 Å². The highest BCUT2D eigenvalue weighted by Crippen LogP contribution is 2.37. The summed E-state index contributed by atoms with van der Waals surface area (Å²) < 4.78 is 31.9. The number of alkyl halides is 2. The number of pyridine rings is 1. The number of amides is 1. The second kappa shape index (κ2) is 8.08. The Hall–Kier alpha value is -2.42. The Balaban J connectivity index is 2.11. The van der Waals surface area contributed by atoms with Gasteiger partial charge in [0.15, 0.2) is 0 Å². The van der Waals surface area contributed by atoms with E-state index in [1.807, 2.05) is 6.92 Å². The summed E-state index contributed by atoms with van der Waals surface area (Å²) in [6.07, 6.45) is 1.53. The molecule has 6 nitrogen and oxygen atoms in total. The lowest BCUT2D eigenvalue weighted by Gasteiger charge is -2.21. The summed E-state index contributed by atoms with van der Waals surface area (Å²) in [6, 6.07) is 1.23. The van der Waals surface area contributed by atoms with Gasteiger partial charge in [0.1, 0.15) is 5.69 Å². The zero-order valence-electron chi connectivity index (χ0n) is 14.9. The highest BCUT2D eigenvalue weighted by Gasteiger charge is 2.32. The zero-order valence-corrected chi connectivity index (χ0v) is 15.8. The van der Waals surface area contributed by atoms with Gasteiger partial charge in [-0.15, -0.1) is 11.3 Å². The molecule has 3 rings (SSSR count). The highest BCUT2D eigenvalue weighted by atomic mass is 32.1. The third-order valence-electron chi connectivity index (χ3n) is 4.43. The van der Waals surface area contributed by atoms with Gasteiger partial charge in [-0.1, -0.05) is 0 Å². The summed E-state index contributed by atoms with van der Waals surface area (Å²) in [4.78, 5) is 35.1. The smallest absolute Gasteiger partial charge is 0.367 e. The lowest BCUT2D eigenvalue weighted by molar-refractivity contribution is 0.0525. The molecule has 2 aromatic rings. The molecule has 0 aromatic carbocycles. The van der Waals surface area contributed by atoms with Crippen LogP contribution in [0.3, 0.4) is 0 Å². The van der Waals surface area contributed by atoms with Crippen LogP contribution in [-0.4, -0.2) is 45.9 Å². The quantitative estimate of drug-likeness (QED) is 0.717. The van der Waals surface area contributed by atoms with Crippen LogP contribution in [0.2, 0.25) is 0 Å². The third-order valence-corrected chi connectivity index (χ3v) is 5.50. The zero-order chi connectivity index (χ0) is 19.6. The van der Waals surface area contributed by atoms with Crippen LogP contribution in [0, 0.1) is 0 Å². The van der Waals surface area contributed by atoms with E-state index in [-0.39, 0.29) is 45.3 Å². The van der Waals surface area contributed by atoms with Crippen molar-refractivity contribution >= 4 is 23.2 Å². The maximum Gasteiger partial charge on any atom is 0.367 e. The Bertz CT molecular complexity index is 856. The fourth-order valence-corrected chi connectivity index (χ4v) is 4.07. The number of halogens is 2. The molecule has 2 aromatic heterocycles. The summed E-state index contributed by atoms with van der Waals surface area (Å²) >= 11 is 0.874. The standard InChI is InChI=1S/C18H19F2N3O3S/c1-3-26-18(25)16-22-13(17(24)23-8-4-5-10(23)2)14(27-16)12-9-21-7-6-11(12)15(19)20/h6-7,9-10,15H,3-5,8H2,1-2H3.